The second kappa shape index (κ2) is 7.73. The molecule has 0 spiro atoms. The zero-order valence-corrected chi connectivity index (χ0v) is 15.1. The summed E-state index contributed by atoms with van der Waals surface area (Å²) in [4.78, 5) is 34.5. The molecule has 1 aromatic rings. The van der Waals surface area contributed by atoms with Crippen LogP contribution in [0.15, 0.2) is 12.4 Å². The van der Waals surface area contributed by atoms with Gasteiger partial charge in [-0.15, -0.1) is 0 Å². The maximum absolute atomic E-state index is 12.4. The molecule has 6 heteroatoms. The molecule has 6 nitrogen and oxygen atoms in total. The molecule has 0 radical (unpaired) electrons. The molecule has 24 heavy (non-hydrogen) atoms. The minimum atomic E-state index is -0.174. The molecule has 1 N–H and O–H groups in total. The zero-order valence-electron chi connectivity index (χ0n) is 15.1. The van der Waals surface area contributed by atoms with Crippen LogP contribution in [0.3, 0.4) is 0 Å². The molecule has 1 atom stereocenters. The molecule has 1 aliphatic heterocycles. The van der Waals surface area contributed by atoms with Gasteiger partial charge in [-0.05, 0) is 30.6 Å². The third-order valence-electron chi connectivity index (χ3n) is 4.21. The zero-order chi connectivity index (χ0) is 17.7. The predicted molar refractivity (Wildman–Crippen MR) is 92.5 cm³/mol. The molecule has 0 aromatic carbocycles. The molecule has 1 aliphatic rings. The van der Waals surface area contributed by atoms with Crippen molar-refractivity contribution in [3.63, 3.8) is 0 Å². The number of rotatable bonds is 4. The van der Waals surface area contributed by atoms with Gasteiger partial charge in [0, 0.05) is 39.0 Å². The lowest BCUT2D eigenvalue weighted by Crippen LogP contribution is -2.39. The topological polar surface area (TPSA) is 75.2 Å². The van der Waals surface area contributed by atoms with Gasteiger partial charge in [-0.2, -0.15) is 0 Å². The van der Waals surface area contributed by atoms with Gasteiger partial charge in [0.15, 0.2) is 0 Å². The van der Waals surface area contributed by atoms with Crippen molar-refractivity contribution < 1.29 is 9.59 Å². The highest BCUT2D eigenvalue weighted by Crippen LogP contribution is 2.21. The number of aromatic nitrogens is 2. The van der Waals surface area contributed by atoms with Crippen LogP contribution < -0.4 is 5.32 Å². The van der Waals surface area contributed by atoms with Crippen LogP contribution in [-0.4, -0.2) is 46.3 Å². The third kappa shape index (κ3) is 5.28. The van der Waals surface area contributed by atoms with Crippen molar-refractivity contribution in [3.8, 4) is 0 Å². The van der Waals surface area contributed by atoms with Gasteiger partial charge in [-0.3, -0.25) is 14.6 Å². The summed E-state index contributed by atoms with van der Waals surface area (Å²) in [6, 6.07) is 0. The van der Waals surface area contributed by atoms with Crippen molar-refractivity contribution in [2.45, 2.75) is 47.0 Å². The molecule has 0 unspecified atom stereocenters. The van der Waals surface area contributed by atoms with E-state index in [1.165, 1.54) is 0 Å². The number of nitrogens with one attached hydrogen (secondary N) is 1. The van der Waals surface area contributed by atoms with Crippen LogP contribution in [-0.2, 0) is 11.2 Å². The standard InChI is InChI=1S/C18H28N4O2/c1-13(23)22-9-5-6-14(11-22)10-15-16(20-8-7-19-15)17(24)21-12-18(2,3)4/h7-8,14H,5-6,9-12H2,1-4H3,(H,21,24)/t14-/m0/s1. The molecular formula is C18H28N4O2. The first-order valence-electron chi connectivity index (χ1n) is 8.60. The number of likely N-dealkylation sites (tertiary alicyclic amines) is 1. The molecule has 1 aromatic heterocycles. The summed E-state index contributed by atoms with van der Waals surface area (Å²) in [5.74, 6) is 0.266. The van der Waals surface area contributed by atoms with E-state index >= 15 is 0 Å². The summed E-state index contributed by atoms with van der Waals surface area (Å²) >= 11 is 0. The molecule has 2 amide bonds. The van der Waals surface area contributed by atoms with E-state index in [1.54, 1.807) is 19.3 Å². The lowest BCUT2D eigenvalue weighted by Gasteiger charge is -2.32. The number of carbonyl (C=O) groups excluding carboxylic acids is 2. The summed E-state index contributed by atoms with van der Waals surface area (Å²) in [5.41, 5.74) is 1.14. The minimum absolute atomic E-state index is 0.0173. The van der Waals surface area contributed by atoms with Crippen LogP contribution in [0, 0.1) is 11.3 Å². The van der Waals surface area contributed by atoms with Gasteiger partial charge < -0.3 is 10.2 Å². The smallest absolute Gasteiger partial charge is 0.271 e. The van der Waals surface area contributed by atoms with E-state index in [4.69, 9.17) is 0 Å². The van der Waals surface area contributed by atoms with Crippen molar-refractivity contribution in [3.05, 3.63) is 23.8 Å². The molecule has 0 saturated carbocycles. The number of carbonyl (C=O) groups is 2. The van der Waals surface area contributed by atoms with Crippen molar-refractivity contribution in [2.75, 3.05) is 19.6 Å². The molecule has 1 saturated heterocycles. The summed E-state index contributed by atoms with van der Waals surface area (Å²) < 4.78 is 0. The molecule has 132 valence electrons. The first kappa shape index (κ1) is 18.4. The lowest BCUT2D eigenvalue weighted by atomic mass is 9.92. The third-order valence-corrected chi connectivity index (χ3v) is 4.21. The Kier molecular flexibility index (Phi) is 5.91. The van der Waals surface area contributed by atoms with Crippen molar-refractivity contribution >= 4 is 11.8 Å². The average Bonchev–Trinajstić information content (AvgIpc) is 2.52. The highest BCUT2D eigenvalue weighted by Gasteiger charge is 2.25. The van der Waals surface area contributed by atoms with Gasteiger partial charge in [-0.25, -0.2) is 4.98 Å². The summed E-state index contributed by atoms with van der Waals surface area (Å²) in [7, 11) is 0. The summed E-state index contributed by atoms with van der Waals surface area (Å²) in [6.07, 6.45) is 5.90. The number of hydrogen-bond donors (Lipinski definition) is 1. The predicted octanol–water partition coefficient (Wildman–Crippen LogP) is 2.05. The van der Waals surface area contributed by atoms with Gasteiger partial charge in [0.05, 0.1) is 5.69 Å². The Bertz CT molecular complexity index is 595. The highest BCUT2D eigenvalue weighted by molar-refractivity contribution is 5.93. The molecule has 0 bridgehead atoms. The molecular weight excluding hydrogens is 304 g/mol. The van der Waals surface area contributed by atoms with Crippen LogP contribution >= 0.6 is 0 Å². The monoisotopic (exact) mass is 332 g/mol. The van der Waals surface area contributed by atoms with Gasteiger partial charge in [0.25, 0.3) is 5.91 Å². The summed E-state index contributed by atoms with van der Waals surface area (Å²) in [5, 5.41) is 2.94. The van der Waals surface area contributed by atoms with Gasteiger partial charge in [-0.1, -0.05) is 20.8 Å². The van der Waals surface area contributed by atoms with Gasteiger partial charge in [0.1, 0.15) is 5.69 Å². The fourth-order valence-electron chi connectivity index (χ4n) is 2.93. The van der Waals surface area contributed by atoms with Crippen LogP contribution in [0.5, 0.6) is 0 Å². The van der Waals surface area contributed by atoms with Crippen molar-refractivity contribution in [1.82, 2.24) is 20.2 Å². The Labute approximate surface area is 144 Å². The number of hydrogen-bond acceptors (Lipinski definition) is 4. The molecule has 0 aliphatic carbocycles. The fourth-order valence-corrected chi connectivity index (χ4v) is 2.93. The second-order valence-electron chi connectivity index (χ2n) is 7.77. The van der Waals surface area contributed by atoms with Gasteiger partial charge >= 0.3 is 0 Å². The van der Waals surface area contributed by atoms with E-state index in [1.807, 2.05) is 4.90 Å². The highest BCUT2D eigenvalue weighted by atomic mass is 16.2. The van der Waals surface area contributed by atoms with Crippen molar-refractivity contribution in [1.29, 1.82) is 0 Å². The van der Waals surface area contributed by atoms with Crippen LogP contribution in [0.1, 0.15) is 56.7 Å². The average molecular weight is 332 g/mol. The van der Waals surface area contributed by atoms with E-state index in [0.717, 1.165) is 31.6 Å². The summed E-state index contributed by atoms with van der Waals surface area (Å²) in [6.45, 7) is 9.97. The normalized spacial score (nSPS) is 18.3. The molecule has 2 rings (SSSR count). The SMILES string of the molecule is CC(=O)N1CCC[C@@H](Cc2nccnc2C(=O)NCC(C)(C)C)C1. The first-order chi connectivity index (χ1) is 11.3. The number of piperidine rings is 1. The Morgan fingerprint density at radius 1 is 1.29 bits per heavy atom. The Morgan fingerprint density at radius 3 is 2.67 bits per heavy atom. The number of amides is 2. The first-order valence-corrected chi connectivity index (χ1v) is 8.60. The number of nitrogens with zero attached hydrogens (tertiary/aromatic N) is 3. The maximum atomic E-state index is 12.4. The minimum Gasteiger partial charge on any atom is -0.350 e. The lowest BCUT2D eigenvalue weighted by molar-refractivity contribution is -0.130. The van der Waals surface area contributed by atoms with Crippen LogP contribution in [0.25, 0.3) is 0 Å². The molecule has 2 heterocycles. The largest absolute Gasteiger partial charge is 0.350 e. The van der Waals surface area contributed by atoms with E-state index in [9.17, 15) is 9.59 Å². The Hall–Kier alpha value is -1.98. The molecule has 1 fully saturated rings. The maximum Gasteiger partial charge on any atom is 0.271 e. The van der Waals surface area contributed by atoms with Gasteiger partial charge in [0.2, 0.25) is 5.91 Å². The van der Waals surface area contributed by atoms with Crippen LogP contribution in [0.4, 0.5) is 0 Å². The van der Waals surface area contributed by atoms with E-state index < -0.39 is 0 Å². The van der Waals surface area contributed by atoms with Crippen molar-refractivity contribution in [2.24, 2.45) is 11.3 Å². The quantitative estimate of drug-likeness (QED) is 0.916. The van der Waals surface area contributed by atoms with E-state index in [-0.39, 0.29) is 17.2 Å². The van der Waals surface area contributed by atoms with E-state index in [0.29, 0.717) is 24.6 Å². The Balaban J connectivity index is 2.05. The Morgan fingerprint density at radius 2 is 2.00 bits per heavy atom. The fraction of sp³-hybridized carbons (Fsp3) is 0.667. The van der Waals surface area contributed by atoms with Crippen LogP contribution in [0.2, 0.25) is 0 Å². The van der Waals surface area contributed by atoms with E-state index in [2.05, 4.69) is 36.1 Å². The second-order valence-corrected chi connectivity index (χ2v) is 7.77.